The highest BCUT2D eigenvalue weighted by molar-refractivity contribution is 14.1. The Morgan fingerprint density at radius 2 is 1.96 bits per heavy atom. The second kappa shape index (κ2) is 7.57. The average Bonchev–Trinajstić information content (AvgIpc) is 3.07. The van der Waals surface area contributed by atoms with Crippen molar-refractivity contribution < 1.29 is 9.59 Å². The number of anilines is 1. The molecule has 0 radical (unpaired) electrons. The third-order valence-electron chi connectivity index (χ3n) is 3.91. The van der Waals surface area contributed by atoms with Crippen molar-refractivity contribution in [2.75, 3.05) is 16.9 Å². The molecule has 0 bridgehead atoms. The van der Waals surface area contributed by atoms with Crippen LogP contribution in [0.3, 0.4) is 0 Å². The zero-order valence-corrected chi connectivity index (χ0v) is 16.1. The predicted octanol–water partition coefficient (Wildman–Crippen LogP) is 3.75. The highest BCUT2D eigenvalue weighted by atomic mass is 127. The summed E-state index contributed by atoms with van der Waals surface area (Å²) in [5.41, 5.74) is 2.43. The summed E-state index contributed by atoms with van der Waals surface area (Å²) in [5.74, 6) is 0.930. The number of nitrogens with zero attached hydrogens (tertiary/aromatic N) is 1. The van der Waals surface area contributed by atoms with Gasteiger partial charge in [0.25, 0.3) is 5.91 Å². The van der Waals surface area contributed by atoms with Crippen molar-refractivity contribution in [1.29, 1.82) is 0 Å². The summed E-state index contributed by atoms with van der Waals surface area (Å²) in [6.45, 7) is 1.97. The van der Waals surface area contributed by atoms with Crippen molar-refractivity contribution in [2.24, 2.45) is 0 Å². The van der Waals surface area contributed by atoms with Crippen molar-refractivity contribution in [2.45, 2.75) is 13.0 Å². The minimum Gasteiger partial charge on any atom is -0.324 e. The number of hydrogen-bond donors (Lipinski definition) is 1. The zero-order chi connectivity index (χ0) is 17.1. The van der Waals surface area contributed by atoms with E-state index in [4.69, 9.17) is 0 Å². The Kier molecular flexibility index (Phi) is 5.45. The summed E-state index contributed by atoms with van der Waals surface area (Å²) in [7, 11) is 0. The Morgan fingerprint density at radius 3 is 2.67 bits per heavy atom. The molecule has 2 aromatic rings. The maximum atomic E-state index is 12.7. The first-order chi connectivity index (χ1) is 11.6. The molecule has 2 aromatic carbocycles. The van der Waals surface area contributed by atoms with E-state index in [9.17, 15) is 9.59 Å². The second-order valence-corrected chi connectivity index (χ2v) is 7.85. The van der Waals surface area contributed by atoms with Gasteiger partial charge < -0.3 is 10.2 Å². The van der Waals surface area contributed by atoms with Crippen LogP contribution in [0.15, 0.2) is 48.5 Å². The number of amides is 2. The van der Waals surface area contributed by atoms with E-state index in [2.05, 4.69) is 27.9 Å². The Bertz CT molecular complexity index is 767. The molecule has 0 spiro atoms. The fraction of sp³-hybridized carbons (Fsp3) is 0.222. The van der Waals surface area contributed by atoms with Crippen LogP contribution in [0.1, 0.15) is 15.9 Å². The summed E-state index contributed by atoms with van der Waals surface area (Å²) in [4.78, 5) is 27.0. The van der Waals surface area contributed by atoms with E-state index in [1.807, 2.05) is 43.3 Å². The molecule has 1 heterocycles. The maximum Gasteiger partial charge on any atom is 0.255 e. The van der Waals surface area contributed by atoms with Crippen LogP contribution < -0.4 is 5.32 Å². The van der Waals surface area contributed by atoms with Gasteiger partial charge in [0.05, 0.1) is 5.88 Å². The summed E-state index contributed by atoms with van der Waals surface area (Å²) in [5, 5.41) is 2.97. The van der Waals surface area contributed by atoms with Gasteiger partial charge in [0.2, 0.25) is 5.91 Å². The molecule has 1 saturated heterocycles. The van der Waals surface area contributed by atoms with Crippen LogP contribution in [0.5, 0.6) is 0 Å². The van der Waals surface area contributed by atoms with Crippen LogP contribution in [0.4, 0.5) is 5.69 Å². The summed E-state index contributed by atoms with van der Waals surface area (Å²) in [6.07, 6.45) is 0. The average molecular weight is 452 g/mol. The van der Waals surface area contributed by atoms with Gasteiger partial charge in [0.15, 0.2) is 0 Å². The molecule has 3 rings (SSSR count). The Morgan fingerprint density at radius 1 is 1.21 bits per heavy atom. The molecule has 4 nitrogen and oxygen atoms in total. The third kappa shape index (κ3) is 3.75. The smallest absolute Gasteiger partial charge is 0.255 e. The van der Waals surface area contributed by atoms with E-state index < -0.39 is 6.04 Å². The van der Waals surface area contributed by atoms with Gasteiger partial charge in [0, 0.05) is 20.6 Å². The molecule has 1 fully saturated rings. The Hall–Kier alpha value is -1.54. The number of halogens is 1. The molecular weight excluding hydrogens is 435 g/mol. The van der Waals surface area contributed by atoms with E-state index in [1.165, 1.54) is 0 Å². The number of benzene rings is 2. The highest BCUT2D eigenvalue weighted by Crippen LogP contribution is 2.25. The van der Waals surface area contributed by atoms with Gasteiger partial charge in [-0.2, -0.15) is 0 Å². The number of thioether (sulfide) groups is 1. The van der Waals surface area contributed by atoms with E-state index >= 15 is 0 Å². The molecule has 124 valence electrons. The van der Waals surface area contributed by atoms with E-state index in [1.54, 1.807) is 28.8 Å². The Balaban J connectivity index is 1.75. The third-order valence-corrected chi connectivity index (χ3v) is 5.60. The fourth-order valence-electron chi connectivity index (χ4n) is 2.59. The minimum absolute atomic E-state index is 0.0971. The molecule has 0 saturated carbocycles. The number of carbonyl (C=O) groups excluding carboxylic acids is 2. The molecule has 1 unspecified atom stereocenters. The SMILES string of the molecule is Cc1cc(I)ccc1NC(=O)C1CSCN1C(=O)c1ccccc1. The van der Waals surface area contributed by atoms with Crippen LogP contribution in [-0.2, 0) is 4.79 Å². The number of carbonyl (C=O) groups is 2. The van der Waals surface area contributed by atoms with Crippen LogP contribution in [0.25, 0.3) is 0 Å². The van der Waals surface area contributed by atoms with Gasteiger partial charge in [-0.3, -0.25) is 9.59 Å². The van der Waals surface area contributed by atoms with E-state index in [0.29, 0.717) is 17.2 Å². The summed E-state index contributed by atoms with van der Waals surface area (Å²) < 4.78 is 1.13. The molecule has 0 aliphatic carbocycles. The molecule has 1 aliphatic heterocycles. The van der Waals surface area contributed by atoms with E-state index in [-0.39, 0.29) is 11.8 Å². The minimum atomic E-state index is -0.443. The monoisotopic (exact) mass is 452 g/mol. The largest absolute Gasteiger partial charge is 0.324 e. The molecule has 0 aromatic heterocycles. The second-order valence-electron chi connectivity index (χ2n) is 5.61. The molecule has 2 amide bonds. The van der Waals surface area contributed by atoms with Crippen molar-refractivity contribution in [3.63, 3.8) is 0 Å². The summed E-state index contributed by atoms with van der Waals surface area (Å²) in [6, 6.07) is 14.5. The van der Waals surface area contributed by atoms with Crippen LogP contribution in [-0.4, -0.2) is 34.4 Å². The van der Waals surface area contributed by atoms with Gasteiger partial charge >= 0.3 is 0 Å². The molecule has 1 atom stereocenters. The van der Waals surface area contributed by atoms with Gasteiger partial charge in [-0.15, -0.1) is 11.8 Å². The molecule has 24 heavy (non-hydrogen) atoms. The molecule has 6 heteroatoms. The molecule has 1 aliphatic rings. The number of aryl methyl sites for hydroxylation is 1. The Labute approximate surface area is 159 Å². The van der Waals surface area contributed by atoms with Crippen LogP contribution >= 0.6 is 34.4 Å². The van der Waals surface area contributed by atoms with Crippen LogP contribution in [0, 0.1) is 10.5 Å². The maximum absolute atomic E-state index is 12.7. The van der Waals surface area contributed by atoms with Crippen molar-refractivity contribution in [3.05, 3.63) is 63.2 Å². The summed E-state index contributed by atoms with van der Waals surface area (Å²) >= 11 is 3.85. The standard InChI is InChI=1S/C18H17IN2O2S/c1-12-9-14(19)7-8-15(12)20-17(22)16-10-24-11-21(16)18(23)13-5-3-2-4-6-13/h2-9,16H,10-11H2,1H3,(H,20,22). The van der Waals surface area contributed by atoms with Gasteiger partial charge in [-0.1, -0.05) is 18.2 Å². The van der Waals surface area contributed by atoms with Gasteiger partial charge in [-0.25, -0.2) is 0 Å². The molecule has 1 N–H and O–H groups in total. The lowest BCUT2D eigenvalue weighted by Gasteiger charge is -2.23. The van der Waals surface area contributed by atoms with Crippen molar-refractivity contribution in [3.8, 4) is 0 Å². The first kappa shape index (κ1) is 17.3. The first-order valence-electron chi connectivity index (χ1n) is 7.57. The number of rotatable bonds is 3. The topological polar surface area (TPSA) is 49.4 Å². The number of hydrogen-bond acceptors (Lipinski definition) is 3. The lowest BCUT2D eigenvalue weighted by Crippen LogP contribution is -2.44. The highest BCUT2D eigenvalue weighted by Gasteiger charge is 2.35. The van der Waals surface area contributed by atoms with Gasteiger partial charge in [0.1, 0.15) is 6.04 Å². The lowest BCUT2D eigenvalue weighted by atomic mass is 10.1. The zero-order valence-electron chi connectivity index (χ0n) is 13.2. The quantitative estimate of drug-likeness (QED) is 0.722. The van der Waals surface area contributed by atoms with E-state index in [0.717, 1.165) is 14.8 Å². The fourth-order valence-corrected chi connectivity index (χ4v) is 4.39. The van der Waals surface area contributed by atoms with Gasteiger partial charge in [-0.05, 0) is 65.4 Å². The normalized spacial score (nSPS) is 16.9. The number of nitrogens with one attached hydrogen (secondary N) is 1. The van der Waals surface area contributed by atoms with Crippen molar-refractivity contribution >= 4 is 51.9 Å². The van der Waals surface area contributed by atoms with Crippen LogP contribution in [0.2, 0.25) is 0 Å². The lowest BCUT2D eigenvalue weighted by molar-refractivity contribution is -0.119. The molecular formula is C18H17IN2O2S. The predicted molar refractivity (Wildman–Crippen MR) is 106 cm³/mol. The van der Waals surface area contributed by atoms with Crippen molar-refractivity contribution in [1.82, 2.24) is 4.90 Å². The first-order valence-corrected chi connectivity index (χ1v) is 9.80.